The van der Waals surface area contributed by atoms with Crippen molar-refractivity contribution in [3.05, 3.63) is 29.6 Å². The summed E-state index contributed by atoms with van der Waals surface area (Å²) in [5.41, 5.74) is 1.36. The number of rotatable bonds is 5. The molecule has 1 unspecified atom stereocenters. The molecule has 2 aliphatic heterocycles. The van der Waals surface area contributed by atoms with Gasteiger partial charge in [0.05, 0.1) is 7.11 Å². The first kappa shape index (κ1) is 19.4. The topological polar surface area (TPSA) is 27.7 Å². The number of ether oxygens (including phenoxy) is 1. The molecule has 0 spiro atoms. The molecule has 1 aromatic carbocycles. The van der Waals surface area contributed by atoms with E-state index >= 15 is 0 Å². The van der Waals surface area contributed by atoms with E-state index in [1.165, 1.54) is 19.0 Å². The van der Waals surface area contributed by atoms with Gasteiger partial charge in [-0.15, -0.1) is 12.4 Å². The lowest BCUT2D eigenvalue weighted by atomic mass is 9.89. The van der Waals surface area contributed by atoms with Crippen LogP contribution in [0.1, 0.15) is 18.9 Å². The highest BCUT2D eigenvalue weighted by atomic mass is 35.5. The highest BCUT2D eigenvalue weighted by Gasteiger charge is 2.31. The second-order valence-electron chi connectivity index (χ2n) is 7.25. The fourth-order valence-electron chi connectivity index (χ4n) is 3.76. The summed E-state index contributed by atoms with van der Waals surface area (Å²) in [4.78, 5) is 4.97. The maximum atomic E-state index is 13.5. The molecule has 2 aliphatic rings. The number of piperazine rings is 1. The third-order valence-electron chi connectivity index (χ3n) is 5.16. The first-order chi connectivity index (χ1) is 11.1. The van der Waals surface area contributed by atoms with Crippen LogP contribution in [0.15, 0.2) is 18.2 Å². The standard InChI is InChI=1S/C18H28FN3O.ClH/c1-18(5-6-20-13-18)14-22-9-7-21(8-10-22)12-15-11-16(19)3-4-17(15)23-2;/h3-4,11,20H,5-10,12-14H2,1-2H3;1H. The Bertz CT molecular complexity index is 529. The van der Waals surface area contributed by atoms with Crippen molar-refractivity contribution in [3.63, 3.8) is 0 Å². The molecule has 1 aromatic rings. The number of hydrogen-bond donors (Lipinski definition) is 1. The third-order valence-corrected chi connectivity index (χ3v) is 5.16. The molecule has 0 amide bonds. The van der Waals surface area contributed by atoms with E-state index in [0.29, 0.717) is 5.41 Å². The second-order valence-corrected chi connectivity index (χ2v) is 7.25. The molecule has 2 heterocycles. The van der Waals surface area contributed by atoms with E-state index in [1.54, 1.807) is 19.2 Å². The Kier molecular flexibility index (Phi) is 6.87. The zero-order chi connectivity index (χ0) is 16.3. The Balaban J connectivity index is 0.00000208. The Morgan fingerprint density at radius 1 is 1.21 bits per heavy atom. The largest absolute Gasteiger partial charge is 0.496 e. The highest BCUT2D eigenvalue weighted by Crippen LogP contribution is 2.27. The monoisotopic (exact) mass is 357 g/mol. The van der Waals surface area contributed by atoms with Crippen LogP contribution in [0.4, 0.5) is 4.39 Å². The van der Waals surface area contributed by atoms with Gasteiger partial charge in [0.1, 0.15) is 11.6 Å². The van der Waals surface area contributed by atoms with E-state index in [2.05, 4.69) is 22.0 Å². The summed E-state index contributed by atoms with van der Waals surface area (Å²) in [6.07, 6.45) is 1.27. The lowest BCUT2D eigenvalue weighted by Crippen LogP contribution is -2.49. The summed E-state index contributed by atoms with van der Waals surface area (Å²) in [6, 6.07) is 4.77. The Morgan fingerprint density at radius 3 is 2.54 bits per heavy atom. The average molecular weight is 358 g/mol. The van der Waals surface area contributed by atoms with Crippen molar-refractivity contribution in [2.45, 2.75) is 19.9 Å². The highest BCUT2D eigenvalue weighted by molar-refractivity contribution is 5.85. The molecule has 0 radical (unpaired) electrons. The van der Waals surface area contributed by atoms with Gasteiger partial charge in [-0.05, 0) is 36.6 Å². The van der Waals surface area contributed by atoms with E-state index in [0.717, 1.165) is 57.1 Å². The number of nitrogens with zero attached hydrogens (tertiary/aromatic N) is 2. The minimum atomic E-state index is -0.193. The fraction of sp³-hybridized carbons (Fsp3) is 0.667. The van der Waals surface area contributed by atoms with Crippen LogP contribution in [0, 0.1) is 11.2 Å². The zero-order valence-electron chi connectivity index (χ0n) is 14.7. The van der Waals surface area contributed by atoms with Gasteiger partial charge in [0.2, 0.25) is 0 Å². The van der Waals surface area contributed by atoms with Crippen LogP contribution in [-0.2, 0) is 6.54 Å². The van der Waals surface area contributed by atoms with Crippen LogP contribution in [0.2, 0.25) is 0 Å². The summed E-state index contributed by atoms with van der Waals surface area (Å²) < 4.78 is 18.8. The van der Waals surface area contributed by atoms with Crippen LogP contribution in [0.25, 0.3) is 0 Å². The molecule has 4 nitrogen and oxygen atoms in total. The van der Waals surface area contributed by atoms with E-state index < -0.39 is 0 Å². The first-order valence-electron chi connectivity index (χ1n) is 8.56. The van der Waals surface area contributed by atoms with Gasteiger partial charge in [0, 0.05) is 51.4 Å². The summed E-state index contributed by atoms with van der Waals surface area (Å²) in [5, 5.41) is 3.48. The lowest BCUT2D eigenvalue weighted by molar-refractivity contribution is 0.0928. The van der Waals surface area contributed by atoms with Gasteiger partial charge in [-0.3, -0.25) is 4.90 Å². The summed E-state index contributed by atoms with van der Waals surface area (Å²) in [7, 11) is 1.64. The normalized spacial score (nSPS) is 25.5. The van der Waals surface area contributed by atoms with E-state index in [1.807, 2.05) is 0 Å². The minimum Gasteiger partial charge on any atom is -0.496 e. The molecule has 1 N–H and O–H groups in total. The Morgan fingerprint density at radius 2 is 1.92 bits per heavy atom. The maximum Gasteiger partial charge on any atom is 0.123 e. The van der Waals surface area contributed by atoms with Crippen molar-refractivity contribution in [1.82, 2.24) is 15.1 Å². The van der Waals surface area contributed by atoms with Crippen LogP contribution in [0.3, 0.4) is 0 Å². The minimum absolute atomic E-state index is 0. The number of benzene rings is 1. The van der Waals surface area contributed by atoms with Crippen LogP contribution in [0.5, 0.6) is 5.75 Å². The molecule has 24 heavy (non-hydrogen) atoms. The van der Waals surface area contributed by atoms with Gasteiger partial charge in [-0.1, -0.05) is 6.92 Å². The molecular formula is C18H29ClFN3O. The fourth-order valence-corrected chi connectivity index (χ4v) is 3.76. The number of methoxy groups -OCH3 is 1. The number of hydrogen-bond acceptors (Lipinski definition) is 4. The predicted molar refractivity (Wildman–Crippen MR) is 97.5 cm³/mol. The van der Waals surface area contributed by atoms with Gasteiger partial charge in [0.15, 0.2) is 0 Å². The summed E-state index contributed by atoms with van der Waals surface area (Å²) >= 11 is 0. The molecule has 6 heteroatoms. The van der Waals surface area contributed by atoms with Crippen LogP contribution in [-0.4, -0.2) is 62.7 Å². The molecule has 2 saturated heterocycles. The van der Waals surface area contributed by atoms with Crippen molar-refractivity contribution in [1.29, 1.82) is 0 Å². The van der Waals surface area contributed by atoms with Gasteiger partial charge in [-0.25, -0.2) is 4.39 Å². The smallest absolute Gasteiger partial charge is 0.123 e. The summed E-state index contributed by atoms with van der Waals surface area (Å²) in [5.74, 6) is 0.583. The molecule has 0 aromatic heterocycles. The molecule has 0 aliphatic carbocycles. The van der Waals surface area contributed by atoms with E-state index in [-0.39, 0.29) is 18.2 Å². The van der Waals surface area contributed by atoms with E-state index in [4.69, 9.17) is 4.74 Å². The van der Waals surface area contributed by atoms with Crippen molar-refractivity contribution in [2.75, 3.05) is 52.9 Å². The third kappa shape index (κ3) is 4.82. The lowest BCUT2D eigenvalue weighted by Gasteiger charge is -2.38. The van der Waals surface area contributed by atoms with Crippen molar-refractivity contribution >= 4 is 12.4 Å². The zero-order valence-corrected chi connectivity index (χ0v) is 15.5. The van der Waals surface area contributed by atoms with Gasteiger partial charge in [0.25, 0.3) is 0 Å². The molecular weight excluding hydrogens is 329 g/mol. The summed E-state index contributed by atoms with van der Waals surface area (Å²) in [6.45, 7) is 10.8. The quantitative estimate of drug-likeness (QED) is 0.875. The van der Waals surface area contributed by atoms with Crippen molar-refractivity contribution in [3.8, 4) is 5.75 Å². The molecule has 136 valence electrons. The van der Waals surface area contributed by atoms with Crippen LogP contribution >= 0.6 is 12.4 Å². The number of halogens is 2. The second kappa shape index (κ2) is 8.48. The van der Waals surface area contributed by atoms with Crippen LogP contribution < -0.4 is 10.1 Å². The Hall–Kier alpha value is -0.880. The van der Waals surface area contributed by atoms with Gasteiger partial charge in [-0.2, -0.15) is 0 Å². The number of nitrogens with one attached hydrogen (secondary N) is 1. The molecule has 1 atom stereocenters. The average Bonchev–Trinajstić information content (AvgIpc) is 2.96. The molecule has 0 saturated carbocycles. The van der Waals surface area contributed by atoms with Gasteiger partial charge >= 0.3 is 0 Å². The molecule has 0 bridgehead atoms. The first-order valence-corrected chi connectivity index (χ1v) is 8.56. The molecule has 3 rings (SSSR count). The predicted octanol–water partition coefficient (Wildman–Crippen LogP) is 2.37. The van der Waals surface area contributed by atoms with E-state index in [9.17, 15) is 4.39 Å². The Labute approximate surface area is 150 Å². The van der Waals surface area contributed by atoms with Crippen molar-refractivity contribution in [2.24, 2.45) is 5.41 Å². The molecule has 2 fully saturated rings. The van der Waals surface area contributed by atoms with Gasteiger partial charge < -0.3 is 15.0 Å². The SMILES string of the molecule is COc1ccc(F)cc1CN1CCN(CC2(C)CCNC2)CC1.Cl. The van der Waals surface area contributed by atoms with Crippen molar-refractivity contribution < 1.29 is 9.13 Å². The maximum absolute atomic E-state index is 13.5.